The molecule has 3 heteroatoms. The minimum absolute atomic E-state index is 0.0473. The number of hydrogen-bond donors (Lipinski definition) is 1. The van der Waals surface area contributed by atoms with Crippen LogP contribution in [0.15, 0.2) is 29.1 Å². The molecule has 2 aromatic rings. The quantitative estimate of drug-likeness (QED) is 0.898. The summed E-state index contributed by atoms with van der Waals surface area (Å²) in [5, 5.41) is 2.97. The average molecular weight is 258 g/mol. The van der Waals surface area contributed by atoms with Crippen LogP contribution in [0, 0.1) is 12.8 Å². The third-order valence-electron chi connectivity index (χ3n) is 3.35. The van der Waals surface area contributed by atoms with Crippen molar-refractivity contribution in [3.8, 4) is 5.69 Å². The van der Waals surface area contributed by atoms with Crippen LogP contribution in [-0.2, 0) is 12.8 Å². The summed E-state index contributed by atoms with van der Waals surface area (Å²) in [6, 6.07) is 8.22. The molecule has 0 saturated heterocycles. The summed E-state index contributed by atoms with van der Waals surface area (Å²) in [6.07, 6.45) is 1.69. The molecule has 0 aliphatic rings. The molecule has 0 aliphatic heterocycles. The van der Waals surface area contributed by atoms with Crippen LogP contribution in [0.2, 0.25) is 0 Å². The van der Waals surface area contributed by atoms with Gasteiger partial charge in [0.2, 0.25) is 0 Å². The van der Waals surface area contributed by atoms with Crippen molar-refractivity contribution in [2.24, 2.45) is 5.92 Å². The van der Waals surface area contributed by atoms with E-state index >= 15 is 0 Å². The Bertz CT molecular complexity index is 603. The van der Waals surface area contributed by atoms with E-state index in [1.165, 1.54) is 5.56 Å². The van der Waals surface area contributed by atoms with E-state index in [1.54, 1.807) is 0 Å². The molecule has 0 saturated carbocycles. The van der Waals surface area contributed by atoms with E-state index in [2.05, 4.69) is 44.9 Å². The lowest BCUT2D eigenvalue weighted by Gasteiger charge is -2.09. The highest BCUT2D eigenvalue weighted by molar-refractivity contribution is 5.37. The molecule has 0 aliphatic carbocycles. The number of benzene rings is 1. The van der Waals surface area contributed by atoms with Gasteiger partial charge in [-0.3, -0.25) is 14.6 Å². The molecule has 1 N–H and O–H groups in total. The van der Waals surface area contributed by atoms with Gasteiger partial charge in [0, 0.05) is 11.3 Å². The van der Waals surface area contributed by atoms with Gasteiger partial charge in [-0.25, -0.2) is 0 Å². The lowest BCUT2D eigenvalue weighted by atomic mass is 10.0. The first-order valence-corrected chi connectivity index (χ1v) is 6.92. The summed E-state index contributed by atoms with van der Waals surface area (Å²) < 4.78 is 1.93. The van der Waals surface area contributed by atoms with Gasteiger partial charge < -0.3 is 0 Å². The van der Waals surface area contributed by atoms with Crippen LogP contribution in [0.25, 0.3) is 5.69 Å². The Labute approximate surface area is 114 Å². The van der Waals surface area contributed by atoms with Crippen LogP contribution in [0.4, 0.5) is 0 Å². The number of aromatic amines is 1. The van der Waals surface area contributed by atoms with E-state index < -0.39 is 0 Å². The molecular weight excluding hydrogens is 236 g/mol. The van der Waals surface area contributed by atoms with Crippen molar-refractivity contribution in [1.82, 2.24) is 9.78 Å². The van der Waals surface area contributed by atoms with Gasteiger partial charge in [0.05, 0.1) is 5.69 Å². The van der Waals surface area contributed by atoms with Gasteiger partial charge in [-0.1, -0.05) is 38.5 Å². The van der Waals surface area contributed by atoms with Crippen LogP contribution in [-0.4, -0.2) is 9.78 Å². The number of aromatic nitrogens is 2. The molecule has 0 spiro atoms. The molecule has 0 bridgehead atoms. The maximum absolute atomic E-state index is 12.1. The fourth-order valence-electron chi connectivity index (χ4n) is 2.41. The highest BCUT2D eigenvalue weighted by atomic mass is 16.1. The highest BCUT2D eigenvalue weighted by Gasteiger charge is 2.15. The fraction of sp³-hybridized carbons (Fsp3) is 0.438. The summed E-state index contributed by atoms with van der Waals surface area (Å²) in [4.78, 5) is 12.1. The molecule has 2 rings (SSSR count). The number of rotatable bonds is 4. The van der Waals surface area contributed by atoms with E-state index in [0.29, 0.717) is 5.92 Å². The topological polar surface area (TPSA) is 37.8 Å². The summed E-state index contributed by atoms with van der Waals surface area (Å²) in [5.74, 6) is 0.486. The van der Waals surface area contributed by atoms with Gasteiger partial charge in [-0.15, -0.1) is 0 Å². The van der Waals surface area contributed by atoms with E-state index in [0.717, 1.165) is 29.8 Å². The van der Waals surface area contributed by atoms with Crippen LogP contribution in [0.1, 0.15) is 37.6 Å². The molecule has 0 atom stereocenters. The second kappa shape index (κ2) is 5.47. The monoisotopic (exact) mass is 258 g/mol. The molecule has 1 heterocycles. The Morgan fingerprint density at radius 2 is 1.84 bits per heavy atom. The third kappa shape index (κ3) is 2.80. The Balaban J connectivity index is 2.52. The van der Waals surface area contributed by atoms with Crippen molar-refractivity contribution in [1.29, 1.82) is 0 Å². The number of nitrogens with zero attached hydrogens (tertiary/aromatic N) is 1. The van der Waals surface area contributed by atoms with Crippen LogP contribution in [0.3, 0.4) is 0 Å². The van der Waals surface area contributed by atoms with E-state index in [9.17, 15) is 4.79 Å². The van der Waals surface area contributed by atoms with Gasteiger partial charge in [-0.05, 0) is 37.8 Å². The lowest BCUT2D eigenvalue weighted by Crippen LogP contribution is -2.09. The second-order valence-corrected chi connectivity index (χ2v) is 5.49. The summed E-state index contributed by atoms with van der Waals surface area (Å²) in [7, 11) is 0. The smallest absolute Gasteiger partial charge is 0.267 e. The van der Waals surface area contributed by atoms with Crippen molar-refractivity contribution in [3.05, 3.63) is 51.4 Å². The van der Waals surface area contributed by atoms with E-state index in [1.807, 2.05) is 16.8 Å². The van der Waals surface area contributed by atoms with Gasteiger partial charge in [0.25, 0.3) is 5.56 Å². The van der Waals surface area contributed by atoms with Crippen molar-refractivity contribution < 1.29 is 0 Å². The van der Waals surface area contributed by atoms with E-state index in [-0.39, 0.29) is 5.56 Å². The average Bonchev–Trinajstić information content (AvgIpc) is 2.66. The molecule has 3 nitrogen and oxygen atoms in total. The molecule has 1 aromatic carbocycles. The predicted octanol–water partition coefficient (Wildman–Crippen LogP) is 3.23. The number of aryl methyl sites for hydroxylation is 1. The number of hydrogen-bond acceptors (Lipinski definition) is 1. The minimum Gasteiger partial charge on any atom is -0.268 e. The second-order valence-electron chi connectivity index (χ2n) is 5.49. The highest BCUT2D eigenvalue weighted by Crippen LogP contribution is 2.16. The van der Waals surface area contributed by atoms with Gasteiger partial charge >= 0.3 is 0 Å². The van der Waals surface area contributed by atoms with Crippen LogP contribution < -0.4 is 5.56 Å². The third-order valence-corrected chi connectivity index (χ3v) is 3.35. The molecule has 0 amide bonds. The minimum atomic E-state index is 0.0473. The zero-order chi connectivity index (χ0) is 14.0. The SMILES string of the molecule is CCc1c(CC(C)C)c(=O)[nH]n1-c1ccc(C)cc1. The van der Waals surface area contributed by atoms with Crippen molar-refractivity contribution in [2.45, 2.75) is 40.5 Å². The molecule has 0 radical (unpaired) electrons. The Kier molecular flexibility index (Phi) is 3.93. The van der Waals surface area contributed by atoms with Gasteiger partial charge in [0.15, 0.2) is 0 Å². The molecule has 0 fully saturated rings. The zero-order valence-electron chi connectivity index (χ0n) is 12.2. The molecule has 19 heavy (non-hydrogen) atoms. The van der Waals surface area contributed by atoms with Crippen LogP contribution >= 0.6 is 0 Å². The first-order valence-electron chi connectivity index (χ1n) is 6.92. The van der Waals surface area contributed by atoms with E-state index in [4.69, 9.17) is 0 Å². The number of H-pyrrole nitrogens is 1. The maximum atomic E-state index is 12.1. The first-order chi connectivity index (χ1) is 9.02. The first kappa shape index (κ1) is 13.7. The fourth-order valence-corrected chi connectivity index (χ4v) is 2.41. The van der Waals surface area contributed by atoms with Crippen LogP contribution in [0.5, 0.6) is 0 Å². The normalized spacial score (nSPS) is 11.2. The Morgan fingerprint density at radius 1 is 1.21 bits per heavy atom. The Hall–Kier alpha value is -1.77. The molecule has 0 unspecified atom stereocenters. The standard InChI is InChI=1S/C16H22N2O/c1-5-15-14(10-11(2)3)16(19)17-18(15)13-8-6-12(4)7-9-13/h6-9,11H,5,10H2,1-4H3,(H,17,19). The summed E-state index contributed by atoms with van der Waals surface area (Å²) >= 11 is 0. The predicted molar refractivity (Wildman–Crippen MR) is 79.0 cm³/mol. The Morgan fingerprint density at radius 3 is 2.37 bits per heavy atom. The van der Waals surface area contributed by atoms with Crippen molar-refractivity contribution in [2.75, 3.05) is 0 Å². The van der Waals surface area contributed by atoms with Gasteiger partial charge in [-0.2, -0.15) is 0 Å². The number of nitrogens with one attached hydrogen (secondary N) is 1. The van der Waals surface area contributed by atoms with Crippen molar-refractivity contribution in [3.63, 3.8) is 0 Å². The molecular formula is C16H22N2O. The molecule has 1 aromatic heterocycles. The van der Waals surface area contributed by atoms with Gasteiger partial charge in [0.1, 0.15) is 0 Å². The molecule has 102 valence electrons. The lowest BCUT2D eigenvalue weighted by molar-refractivity contribution is 0.639. The van der Waals surface area contributed by atoms with Crippen molar-refractivity contribution >= 4 is 0 Å². The summed E-state index contributed by atoms with van der Waals surface area (Å²) in [5.41, 5.74) is 4.32. The largest absolute Gasteiger partial charge is 0.268 e. The summed E-state index contributed by atoms with van der Waals surface area (Å²) in [6.45, 7) is 8.44. The zero-order valence-corrected chi connectivity index (χ0v) is 12.2. The maximum Gasteiger partial charge on any atom is 0.267 e.